The van der Waals surface area contributed by atoms with Crippen molar-refractivity contribution in [1.29, 1.82) is 0 Å². The lowest BCUT2D eigenvalue weighted by Gasteiger charge is -2.46. The maximum absolute atomic E-state index is 13.0. The predicted octanol–water partition coefficient (Wildman–Crippen LogP) is 4.81. The van der Waals surface area contributed by atoms with Gasteiger partial charge in [-0.3, -0.25) is 4.79 Å². The molecule has 1 fully saturated rings. The fourth-order valence-electron chi connectivity index (χ4n) is 4.11. The number of rotatable bonds is 0. The molecule has 0 radical (unpaired) electrons. The van der Waals surface area contributed by atoms with Crippen LogP contribution in [-0.4, -0.2) is 23.5 Å². The molecule has 1 aromatic carbocycles. The van der Waals surface area contributed by atoms with Gasteiger partial charge >= 0.3 is 18.3 Å². The van der Waals surface area contributed by atoms with Crippen LogP contribution < -0.4 is 0 Å². The van der Waals surface area contributed by atoms with Crippen LogP contribution in [0.5, 0.6) is 0 Å². The van der Waals surface area contributed by atoms with Gasteiger partial charge in [0.2, 0.25) is 0 Å². The molecule has 0 N–H and O–H groups in total. The summed E-state index contributed by atoms with van der Waals surface area (Å²) in [7, 11) is 0. The quantitative estimate of drug-likeness (QED) is 0.604. The van der Waals surface area contributed by atoms with Gasteiger partial charge in [-0.25, -0.2) is 0 Å². The summed E-state index contributed by atoms with van der Waals surface area (Å²) in [6, 6.07) is 3.26. The molecule has 1 aliphatic carbocycles. The molecule has 0 aromatic heterocycles. The lowest BCUT2D eigenvalue weighted by Crippen LogP contribution is -2.52. The van der Waals surface area contributed by atoms with E-state index in [-0.39, 0.29) is 12.1 Å². The van der Waals surface area contributed by atoms with Crippen molar-refractivity contribution in [3.8, 4) is 0 Å². The fourth-order valence-corrected chi connectivity index (χ4v) is 4.11. The largest absolute Gasteiger partial charge is 0.471 e. The maximum atomic E-state index is 13.0. The van der Waals surface area contributed by atoms with Gasteiger partial charge in [-0.2, -0.15) is 26.3 Å². The molecule has 1 aromatic rings. The number of benzene rings is 1. The molecule has 3 rings (SSSR count). The summed E-state index contributed by atoms with van der Waals surface area (Å²) in [6.45, 7) is -0.539. The van der Waals surface area contributed by atoms with Crippen LogP contribution in [0.3, 0.4) is 0 Å². The van der Waals surface area contributed by atoms with Crippen LogP contribution in [0.4, 0.5) is 26.3 Å². The number of fused-ring (bicyclic) bond motifs is 2. The van der Waals surface area contributed by atoms with Gasteiger partial charge in [0.25, 0.3) is 0 Å². The summed E-state index contributed by atoms with van der Waals surface area (Å²) >= 11 is 0. The van der Waals surface area contributed by atoms with E-state index >= 15 is 0 Å². The van der Waals surface area contributed by atoms with E-state index in [1.165, 1.54) is 6.07 Å². The van der Waals surface area contributed by atoms with Crippen LogP contribution in [0.15, 0.2) is 18.2 Å². The van der Waals surface area contributed by atoms with Gasteiger partial charge in [0.05, 0.1) is 5.56 Å². The standard InChI is InChI=1S/C17H17F6NO/c18-16(19,20)12-4-5-13-11(8-12)9-24(14(25)17(21,22)23)10-15(13)6-2-1-3-7-15/h4-5,8H,1-3,6-7,9-10H2. The number of alkyl halides is 6. The highest BCUT2D eigenvalue weighted by molar-refractivity contribution is 5.82. The van der Waals surface area contributed by atoms with Crippen LogP contribution in [-0.2, 0) is 22.9 Å². The molecule has 25 heavy (non-hydrogen) atoms. The highest BCUT2D eigenvalue weighted by atomic mass is 19.4. The molecule has 2 aliphatic rings. The van der Waals surface area contributed by atoms with Gasteiger partial charge in [-0.15, -0.1) is 0 Å². The molecule has 8 heteroatoms. The Hall–Kier alpha value is -1.73. The molecular weight excluding hydrogens is 348 g/mol. The van der Waals surface area contributed by atoms with E-state index in [9.17, 15) is 31.1 Å². The zero-order chi connectivity index (χ0) is 18.5. The van der Waals surface area contributed by atoms with E-state index in [0.29, 0.717) is 23.3 Å². The SMILES string of the molecule is O=C(N1Cc2cc(C(F)(F)F)ccc2C2(CCCCC2)C1)C(F)(F)F. The third-order valence-electron chi connectivity index (χ3n) is 5.20. The van der Waals surface area contributed by atoms with Crippen molar-refractivity contribution in [1.82, 2.24) is 4.90 Å². The van der Waals surface area contributed by atoms with Gasteiger partial charge in [-0.05, 0) is 36.1 Å². The minimum atomic E-state index is -5.03. The van der Waals surface area contributed by atoms with Crippen molar-refractivity contribution < 1.29 is 31.1 Å². The molecule has 2 nitrogen and oxygen atoms in total. The van der Waals surface area contributed by atoms with Crippen LogP contribution >= 0.6 is 0 Å². The summed E-state index contributed by atoms with van der Waals surface area (Å²) in [5.74, 6) is -1.99. The van der Waals surface area contributed by atoms with Crippen molar-refractivity contribution in [3.63, 3.8) is 0 Å². The number of hydrogen-bond donors (Lipinski definition) is 0. The Labute approximate surface area is 140 Å². The van der Waals surface area contributed by atoms with Crippen molar-refractivity contribution >= 4 is 5.91 Å². The summed E-state index contributed by atoms with van der Waals surface area (Å²) in [4.78, 5) is 12.4. The highest BCUT2D eigenvalue weighted by Gasteiger charge is 2.49. The molecule has 1 spiro atoms. The zero-order valence-corrected chi connectivity index (χ0v) is 13.3. The van der Waals surface area contributed by atoms with Gasteiger partial charge in [0.15, 0.2) is 0 Å². The van der Waals surface area contributed by atoms with Crippen LogP contribution in [0.2, 0.25) is 0 Å². The Bertz CT molecular complexity index is 673. The molecule has 1 amide bonds. The lowest BCUT2D eigenvalue weighted by molar-refractivity contribution is -0.187. The van der Waals surface area contributed by atoms with Gasteiger partial charge < -0.3 is 4.90 Å². The van der Waals surface area contributed by atoms with E-state index in [1.807, 2.05) is 0 Å². The minimum absolute atomic E-state index is 0.0935. The van der Waals surface area contributed by atoms with Gasteiger partial charge in [0, 0.05) is 18.5 Å². The number of carbonyl (C=O) groups excluding carboxylic acids is 1. The average molecular weight is 365 g/mol. The first-order valence-corrected chi connectivity index (χ1v) is 8.10. The Balaban J connectivity index is 2.06. The zero-order valence-electron chi connectivity index (χ0n) is 13.3. The predicted molar refractivity (Wildman–Crippen MR) is 77.7 cm³/mol. The first-order chi connectivity index (χ1) is 11.5. The molecule has 0 bridgehead atoms. The highest BCUT2D eigenvalue weighted by Crippen LogP contribution is 2.46. The van der Waals surface area contributed by atoms with Crippen molar-refractivity contribution in [3.05, 3.63) is 34.9 Å². The Morgan fingerprint density at radius 2 is 1.64 bits per heavy atom. The monoisotopic (exact) mass is 365 g/mol. The molecular formula is C17H17F6NO. The normalized spacial score (nSPS) is 20.5. The number of hydrogen-bond acceptors (Lipinski definition) is 1. The first kappa shape index (κ1) is 18.1. The molecule has 1 heterocycles. The van der Waals surface area contributed by atoms with E-state index in [0.717, 1.165) is 31.4 Å². The van der Waals surface area contributed by atoms with E-state index in [4.69, 9.17) is 0 Å². The second kappa shape index (κ2) is 5.92. The molecule has 0 unspecified atom stereocenters. The second-order valence-electron chi connectivity index (χ2n) is 6.87. The number of amides is 1. The van der Waals surface area contributed by atoms with E-state index in [2.05, 4.69) is 0 Å². The number of nitrogens with zero attached hydrogens (tertiary/aromatic N) is 1. The Kier molecular flexibility index (Phi) is 4.28. The molecule has 138 valence electrons. The second-order valence-corrected chi connectivity index (χ2v) is 6.87. The van der Waals surface area contributed by atoms with E-state index in [1.54, 1.807) is 0 Å². The number of carbonyl (C=O) groups is 1. The third kappa shape index (κ3) is 3.35. The van der Waals surface area contributed by atoms with Crippen LogP contribution in [0.1, 0.15) is 48.8 Å². The van der Waals surface area contributed by atoms with Gasteiger partial charge in [-0.1, -0.05) is 25.3 Å². The first-order valence-electron chi connectivity index (χ1n) is 8.10. The molecule has 1 saturated carbocycles. The third-order valence-corrected chi connectivity index (χ3v) is 5.20. The van der Waals surface area contributed by atoms with Crippen molar-refractivity contribution in [2.45, 2.75) is 56.4 Å². The average Bonchev–Trinajstić information content (AvgIpc) is 2.52. The lowest BCUT2D eigenvalue weighted by atomic mass is 9.66. The topological polar surface area (TPSA) is 20.3 Å². The summed E-state index contributed by atoms with van der Waals surface area (Å²) < 4.78 is 77.5. The summed E-state index contributed by atoms with van der Waals surface area (Å²) in [5.41, 5.74) is -0.762. The summed E-state index contributed by atoms with van der Waals surface area (Å²) in [6.07, 6.45) is -5.95. The van der Waals surface area contributed by atoms with Crippen LogP contribution in [0.25, 0.3) is 0 Å². The Morgan fingerprint density at radius 1 is 1.00 bits per heavy atom. The maximum Gasteiger partial charge on any atom is 0.471 e. The Morgan fingerprint density at radius 3 is 2.20 bits per heavy atom. The summed E-state index contributed by atoms with van der Waals surface area (Å²) in [5, 5.41) is 0. The van der Waals surface area contributed by atoms with Gasteiger partial charge in [0.1, 0.15) is 0 Å². The molecule has 0 atom stereocenters. The molecule has 0 saturated heterocycles. The van der Waals surface area contributed by atoms with Crippen LogP contribution in [0, 0.1) is 0 Å². The fraction of sp³-hybridized carbons (Fsp3) is 0.588. The number of halogens is 6. The van der Waals surface area contributed by atoms with Crippen molar-refractivity contribution in [2.24, 2.45) is 0 Å². The van der Waals surface area contributed by atoms with E-state index < -0.39 is 35.8 Å². The molecule has 1 aliphatic heterocycles. The minimum Gasteiger partial charge on any atom is -0.330 e. The van der Waals surface area contributed by atoms with Crippen molar-refractivity contribution in [2.75, 3.05) is 6.54 Å². The smallest absolute Gasteiger partial charge is 0.330 e.